The van der Waals surface area contributed by atoms with Crippen LogP contribution >= 0.6 is 0 Å². The molecular weight excluding hydrogens is 284 g/mol. The van der Waals surface area contributed by atoms with Crippen LogP contribution in [0.4, 0.5) is 0 Å². The molecule has 1 aromatic rings. The van der Waals surface area contributed by atoms with Crippen LogP contribution < -0.4 is 5.32 Å². The quantitative estimate of drug-likeness (QED) is 0.797. The molecule has 1 atom stereocenters. The van der Waals surface area contributed by atoms with E-state index in [0.29, 0.717) is 18.5 Å². The zero-order valence-electron chi connectivity index (χ0n) is 12.6. The maximum Gasteiger partial charge on any atom is 0.333 e. The first-order valence-corrected chi connectivity index (χ1v) is 7.40. The Morgan fingerprint density at radius 2 is 2.05 bits per heavy atom. The van der Waals surface area contributed by atoms with Crippen molar-refractivity contribution in [3.8, 4) is 0 Å². The lowest BCUT2D eigenvalue weighted by Crippen LogP contribution is -2.42. The summed E-state index contributed by atoms with van der Waals surface area (Å²) >= 11 is 0. The van der Waals surface area contributed by atoms with Crippen molar-refractivity contribution < 1.29 is 19.1 Å². The van der Waals surface area contributed by atoms with Gasteiger partial charge >= 0.3 is 5.97 Å². The van der Waals surface area contributed by atoms with E-state index in [2.05, 4.69) is 5.32 Å². The number of ether oxygens (including phenoxy) is 1. The summed E-state index contributed by atoms with van der Waals surface area (Å²) in [5.41, 5.74) is 0.655. The molecule has 1 N–H and O–H groups in total. The molecule has 6 heteroatoms. The molecule has 0 spiro atoms. The average molecular weight is 304 g/mol. The van der Waals surface area contributed by atoms with E-state index in [0.717, 1.165) is 6.42 Å². The van der Waals surface area contributed by atoms with E-state index in [9.17, 15) is 14.4 Å². The molecule has 0 bridgehead atoms. The van der Waals surface area contributed by atoms with Crippen LogP contribution in [-0.4, -0.2) is 42.4 Å². The lowest BCUT2D eigenvalue weighted by atomic mass is 10.1. The Bertz CT molecular complexity index is 544. The van der Waals surface area contributed by atoms with E-state index < -0.39 is 12.0 Å². The largest absolute Gasteiger partial charge is 0.464 e. The first-order valence-electron chi connectivity index (χ1n) is 7.40. The third kappa shape index (κ3) is 4.07. The van der Waals surface area contributed by atoms with E-state index in [4.69, 9.17) is 4.74 Å². The van der Waals surface area contributed by atoms with Gasteiger partial charge in [-0.2, -0.15) is 0 Å². The SMILES string of the molecule is CCOC(=O)C(NC(=O)CN1CCCC1=O)c1ccccc1. The van der Waals surface area contributed by atoms with E-state index in [1.165, 1.54) is 4.90 Å². The minimum Gasteiger partial charge on any atom is -0.464 e. The fraction of sp³-hybridized carbons (Fsp3) is 0.438. The molecule has 1 unspecified atom stereocenters. The van der Waals surface area contributed by atoms with Crippen LogP contribution in [0.2, 0.25) is 0 Å². The maximum absolute atomic E-state index is 12.1. The molecule has 1 saturated heterocycles. The number of carbonyl (C=O) groups is 3. The van der Waals surface area contributed by atoms with Gasteiger partial charge in [-0.15, -0.1) is 0 Å². The molecule has 1 heterocycles. The second kappa shape index (κ2) is 7.59. The summed E-state index contributed by atoms with van der Waals surface area (Å²) in [7, 11) is 0. The Labute approximate surface area is 129 Å². The lowest BCUT2D eigenvalue weighted by molar-refractivity contribution is -0.147. The highest BCUT2D eigenvalue weighted by atomic mass is 16.5. The minimum absolute atomic E-state index is 0.0254. The molecule has 2 amide bonds. The molecule has 0 aromatic heterocycles. The summed E-state index contributed by atoms with van der Waals surface area (Å²) in [5, 5.41) is 2.66. The summed E-state index contributed by atoms with van der Waals surface area (Å²) in [5.74, 6) is -0.894. The molecule has 0 aliphatic carbocycles. The molecule has 1 aromatic carbocycles. The van der Waals surface area contributed by atoms with Gasteiger partial charge in [-0.3, -0.25) is 9.59 Å². The van der Waals surface area contributed by atoms with Crippen molar-refractivity contribution in [2.24, 2.45) is 0 Å². The molecule has 0 radical (unpaired) electrons. The summed E-state index contributed by atoms with van der Waals surface area (Å²) in [6.07, 6.45) is 1.25. The average Bonchev–Trinajstić information content (AvgIpc) is 2.91. The third-order valence-electron chi connectivity index (χ3n) is 3.47. The van der Waals surface area contributed by atoms with Gasteiger partial charge in [-0.25, -0.2) is 4.79 Å². The van der Waals surface area contributed by atoms with Crippen molar-refractivity contribution in [2.75, 3.05) is 19.7 Å². The number of likely N-dealkylation sites (tertiary alicyclic amines) is 1. The van der Waals surface area contributed by atoms with E-state index in [1.807, 2.05) is 6.07 Å². The fourth-order valence-electron chi connectivity index (χ4n) is 2.40. The second-order valence-electron chi connectivity index (χ2n) is 5.08. The molecular formula is C16H20N2O4. The van der Waals surface area contributed by atoms with Gasteiger partial charge in [-0.1, -0.05) is 30.3 Å². The van der Waals surface area contributed by atoms with Gasteiger partial charge in [0.05, 0.1) is 13.2 Å². The van der Waals surface area contributed by atoms with Gasteiger partial charge in [-0.05, 0) is 18.9 Å². The van der Waals surface area contributed by atoms with Crippen molar-refractivity contribution in [2.45, 2.75) is 25.8 Å². The fourth-order valence-corrected chi connectivity index (χ4v) is 2.40. The highest BCUT2D eigenvalue weighted by molar-refractivity contribution is 5.89. The highest BCUT2D eigenvalue weighted by Crippen LogP contribution is 2.15. The number of hydrogen-bond acceptors (Lipinski definition) is 4. The van der Waals surface area contributed by atoms with Crippen LogP contribution in [0.25, 0.3) is 0 Å². The lowest BCUT2D eigenvalue weighted by Gasteiger charge is -2.20. The number of nitrogens with one attached hydrogen (secondary N) is 1. The van der Waals surface area contributed by atoms with Crippen molar-refractivity contribution in [3.63, 3.8) is 0 Å². The van der Waals surface area contributed by atoms with Gasteiger partial charge in [0.25, 0.3) is 0 Å². The zero-order valence-corrected chi connectivity index (χ0v) is 12.6. The summed E-state index contributed by atoms with van der Waals surface area (Å²) in [6, 6.07) is 8.06. The summed E-state index contributed by atoms with van der Waals surface area (Å²) in [4.78, 5) is 37.2. The van der Waals surface area contributed by atoms with E-state index in [1.54, 1.807) is 31.2 Å². The number of esters is 1. The number of benzene rings is 1. The Hall–Kier alpha value is -2.37. The smallest absolute Gasteiger partial charge is 0.333 e. The van der Waals surface area contributed by atoms with Crippen LogP contribution in [0.15, 0.2) is 30.3 Å². The predicted octanol–water partition coefficient (Wildman–Crippen LogP) is 1.03. The molecule has 6 nitrogen and oxygen atoms in total. The van der Waals surface area contributed by atoms with Gasteiger partial charge in [0, 0.05) is 13.0 Å². The van der Waals surface area contributed by atoms with Crippen molar-refractivity contribution in [1.29, 1.82) is 0 Å². The van der Waals surface area contributed by atoms with E-state index in [-0.39, 0.29) is 25.0 Å². The Morgan fingerprint density at radius 3 is 2.64 bits per heavy atom. The Morgan fingerprint density at radius 1 is 1.32 bits per heavy atom. The van der Waals surface area contributed by atoms with Crippen LogP contribution in [0.5, 0.6) is 0 Å². The van der Waals surface area contributed by atoms with Gasteiger partial charge in [0.2, 0.25) is 11.8 Å². The molecule has 2 rings (SSSR count). The van der Waals surface area contributed by atoms with Crippen LogP contribution in [0, 0.1) is 0 Å². The Balaban J connectivity index is 2.04. The second-order valence-corrected chi connectivity index (χ2v) is 5.08. The first-order chi connectivity index (χ1) is 10.6. The van der Waals surface area contributed by atoms with Gasteiger partial charge < -0.3 is 15.0 Å². The normalized spacial score (nSPS) is 15.5. The first kappa shape index (κ1) is 16.0. The van der Waals surface area contributed by atoms with Crippen LogP contribution in [0.3, 0.4) is 0 Å². The number of nitrogens with zero attached hydrogens (tertiary/aromatic N) is 1. The molecule has 118 valence electrons. The third-order valence-corrected chi connectivity index (χ3v) is 3.47. The topological polar surface area (TPSA) is 75.7 Å². The van der Waals surface area contributed by atoms with Crippen LogP contribution in [-0.2, 0) is 19.1 Å². The minimum atomic E-state index is -0.855. The van der Waals surface area contributed by atoms with Crippen LogP contribution in [0.1, 0.15) is 31.4 Å². The molecule has 22 heavy (non-hydrogen) atoms. The number of carbonyl (C=O) groups excluding carboxylic acids is 3. The Kier molecular flexibility index (Phi) is 5.52. The molecule has 1 aliphatic heterocycles. The van der Waals surface area contributed by atoms with E-state index >= 15 is 0 Å². The standard InChI is InChI=1S/C16H20N2O4/c1-2-22-16(21)15(12-7-4-3-5-8-12)17-13(19)11-18-10-6-9-14(18)20/h3-5,7-8,15H,2,6,9-11H2,1H3,(H,17,19). The van der Waals surface area contributed by atoms with Crippen molar-refractivity contribution in [3.05, 3.63) is 35.9 Å². The zero-order chi connectivity index (χ0) is 15.9. The molecule has 0 saturated carbocycles. The molecule has 1 fully saturated rings. The molecule has 1 aliphatic rings. The number of rotatable bonds is 6. The maximum atomic E-state index is 12.1. The number of amides is 2. The number of hydrogen-bond donors (Lipinski definition) is 1. The van der Waals surface area contributed by atoms with Crippen molar-refractivity contribution in [1.82, 2.24) is 10.2 Å². The van der Waals surface area contributed by atoms with Crippen molar-refractivity contribution >= 4 is 17.8 Å². The summed E-state index contributed by atoms with van der Waals surface area (Å²) in [6.45, 7) is 2.51. The summed E-state index contributed by atoms with van der Waals surface area (Å²) < 4.78 is 5.02. The highest BCUT2D eigenvalue weighted by Gasteiger charge is 2.27. The van der Waals surface area contributed by atoms with Gasteiger partial charge in [0.15, 0.2) is 6.04 Å². The predicted molar refractivity (Wildman–Crippen MR) is 79.8 cm³/mol. The van der Waals surface area contributed by atoms with Gasteiger partial charge in [0.1, 0.15) is 0 Å². The monoisotopic (exact) mass is 304 g/mol.